The summed E-state index contributed by atoms with van der Waals surface area (Å²) in [5.74, 6) is -1.67. The molecule has 1 N–H and O–H groups in total. The van der Waals surface area contributed by atoms with Crippen molar-refractivity contribution in [1.29, 1.82) is 0 Å². The Morgan fingerprint density at radius 3 is 2.18 bits per heavy atom. The molecule has 1 atom stereocenters. The SMILES string of the molecule is CC(=O)NC(CS)C(=O)[O-].[Li+]. The number of carbonyl (C=O) groups is 2. The summed E-state index contributed by atoms with van der Waals surface area (Å²) in [6, 6.07) is -0.985. The molecular formula is C5H8LiNO3S. The zero-order chi connectivity index (χ0) is 8.15. The van der Waals surface area contributed by atoms with Gasteiger partial charge < -0.3 is 15.2 Å². The van der Waals surface area contributed by atoms with E-state index in [4.69, 9.17) is 0 Å². The Hall–Kier alpha value is -0.113. The van der Waals surface area contributed by atoms with Gasteiger partial charge in [0.25, 0.3) is 0 Å². The van der Waals surface area contributed by atoms with Gasteiger partial charge in [-0.2, -0.15) is 12.6 Å². The van der Waals surface area contributed by atoms with Crippen LogP contribution in [0.15, 0.2) is 0 Å². The van der Waals surface area contributed by atoms with E-state index in [1.54, 1.807) is 0 Å². The maximum absolute atomic E-state index is 10.3. The minimum absolute atomic E-state index is 0. The van der Waals surface area contributed by atoms with Crippen LogP contribution in [0.4, 0.5) is 0 Å². The first-order valence-electron chi connectivity index (χ1n) is 2.66. The minimum atomic E-state index is -1.31. The molecule has 0 heterocycles. The van der Waals surface area contributed by atoms with Crippen molar-refractivity contribution in [2.24, 2.45) is 0 Å². The molecule has 6 heteroatoms. The average Bonchev–Trinajstić information content (AvgIpc) is 1.81. The number of amides is 1. The van der Waals surface area contributed by atoms with Gasteiger partial charge in [0.1, 0.15) is 0 Å². The van der Waals surface area contributed by atoms with E-state index in [9.17, 15) is 14.7 Å². The van der Waals surface area contributed by atoms with Gasteiger partial charge in [0.15, 0.2) is 0 Å². The van der Waals surface area contributed by atoms with Gasteiger partial charge in [-0.1, -0.05) is 0 Å². The smallest absolute Gasteiger partial charge is 0.548 e. The summed E-state index contributed by atoms with van der Waals surface area (Å²) in [6.07, 6.45) is 0. The predicted octanol–water partition coefficient (Wildman–Crippen LogP) is -4.83. The van der Waals surface area contributed by atoms with Crippen LogP contribution in [-0.2, 0) is 9.59 Å². The first-order chi connectivity index (χ1) is 4.57. The van der Waals surface area contributed by atoms with Gasteiger partial charge in [-0.25, -0.2) is 0 Å². The molecule has 0 radical (unpaired) electrons. The van der Waals surface area contributed by atoms with Crippen LogP contribution < -0.4 is 29.3 Å². The van der Waals surface area contributed by atoms with Crippen LogP contribution >= 0.6 is 12.6 Å². The van der Waals surface area contributed by atoms with Crippen molar-refractivity contribution in [1.82, 2.24) is 5.32 Å². The fourth-order valence-corrected chi connectivity index (χ4v) is 0.665. The van der Waals surface area contributed by atoms with Crippen molar-refractivity contribution in [2.45, 2.75) is 13.0 Å². The second kappa shape index (κ2) is 6.59. The topological polar surface area (TPSA) is 69.2 Å². The van der Waals surface area contributed by atoms with Crippen LogP contribution in [0.3, 0.4) is 0 Å². The summed E-state index contributed by atoms with van der Waals surface area (Å²) in [5.41, 5.74) is 0. The summed E-state index contributed by atoms with van der Waals surface area (Å²) in [6.45, 7) is 1.24. The van der Waals surface area contributed by atoms with E-state index in [1.165, 1.54) is 6.92 Å². The van der Waals surface area contributed by atoms with E-state index in [1.807, 2.05) is 0 Å². The average molecular weight is 169 g/mol. The molecule has 0 aromatic rings. The summed E-state index contributed by atoms with van der Waals surface area (Å²) in [4.78, 5) is 20.4. The van der Waals surface area contributed by atoms with Gasteiger partial charge in [0.05, 0.1) is 12.0 Å². The fourth-order valence-electron chi connectivity index (χ4n) is 0.424. The molecule has 0 saturated carbocycles. The van der Waals surface area contributed by atoms with E-state index in [-0.39, 0.29) is 24.6 Å². The van der Waals surface area contributed by atoms with Gasteiger partial charge in [0.2, 0.25) is 5.91 Å². The molecule has 0 bridgehead atoms. The van der Waals surface area contributed by atoms with Gasteiger partial charge in [-0.05, 0) is 0 Å². The molecule has 1 unspecified atom stereocenters. The Kier molecular flexibility index (Phi) is 8.07. The van der Waals surface area contributed by atoms with Crippen LogP contribution in [0.25, 0.3) is 0 Å². The van der Waals surface area contributed by atoms with Crippen molar-refractivity contribution in [2.75, 3.05) is 5.75 Å². The van der Waals surface area contributed by atoms with E-state index >= 15 is 0 Å². The van der Waals surface area contributed by atoms with Crippen molar-refractivity contribution in [3.63, 3.8) is 0 Å². The zero-order valence-electron chi connectivity index (χ0n) is 6.46. The molecule has 1 amide bonds. The Morgan fingerprint density at radius 1 is 1.64 bits per heavy atom. The molecule has 0 aliphatic heterocycles. The molecular weight excluding hydrogens is 161 g/mol. The number of carbonyl (C=O) groups excluding carboxylic acids is 2. The molecule has 0 saturated heterocycles. The third-order valence-electron chi connectivity index (χ3n) is 0.845. The molecule has 0 aromatic carbocycles. The van der Waals surface area contributed by atoms with E-state index in [0.29, 0.717) is 0 Å². The zero-order valence-corrected chi connectivity index (χ0v) is 7.35. The third-order valence-corrected chi connectivity index (χ3v) is 1.21. The first-order valence-corrected chi connectivity index (χ1v) is 3.30. The third kappa shape index (κ3) is 6.29. The molecule has 0 spiro atoms. The second-order valence-electron chi connectivity index (χ2n) is 1.75. The number of rotatable bonds is 3. The number of thiol groups is 1. The van der Waals surface area contributed by atoms with E-state index in [2.05, 4.69) is 17.9 Å². The summed E-state index contributed by atoms with van der Waals surface area (Å²) >= 11 is 3.69. The molecule has 11 heavy (non-hydrogen) atoms. The molecule has 0 aromatic heterocycles. The largest absolute Gasteiger partial charge is 1.00 e. The first kappa shape index (κ1) is 13.5. The van der Waals surface area contributed by atoms with E-state index in [0.717, 1.165) is 0 Å². The molecule has 0 aliphatic carbocycles. The van der Waals surface area contributed by atoms with Gasteiger partial charge in [-0.15, -0.1) is 0 Å². The monoisotopic (exact) mass is 169 g/mol. The molecule has 0 fully saturated rings. The van der Waals surface area contributed by atoms with Crippen molar-refractivity contribution < 1.29 is 33.6 Å². The van der Waals surface area contributed by atoms with Gasteiger partial charge in [0, 0.05) is 12.7 Å². The van der Waals surface area contributed by atoms with Crippen LogP contribution in [-0.4, -0.2) is 23.7 Å². The quantitative estimate of drug-likeness (QED) is 0.329. The molecule has 0 rings (SSSR count). The standard InChI is InChI=1S/C5H9NO3S.Li/c1-3(7)6-4(2-10)5(8)9;/h4,10H,2H2,1H3,(H,6,7)(H,8,9);/q;+1/p-1. The predicted molar refractivity (Wildman–Crippen MR) is 36.5 cm³/mol. The summed E-state index contributed by atoms with van der Waals surface area (Å²) in [7, 11) is 0. The number of carboxylic acid groups (broad SMARTS) is 1. The normalized spacial score (nSPS) is 11.1. The van der Waals surface area contributed by atoms with Crippen molar-refractivity contribution in [3.05, 3.63) is 0 Å². The summed E-state index contributed by atoms with van der Waals surface area (Å²) in [5, 5.41) is 12.2. The minimum Gasteiger partial charge on any atom is -0.548 e. The Morgan fingerprint density at radius 2 is 2.09 bits per heavy atom. The Bertz CT molecular complexity index is 153. The molecule has 58 valence electrons. The number of hydrogen-bond donors (Lipinski definition) is 2. The van der Waals surface area contributed by atoms with Crippen LogP contribution in [0.5, 0.6) is 0 Å². The number of hydrogen-bond acceptors (Lipinski definition) is 4. The van der Waals surface area contributed by atoms with E-state index < -0.39 is 17.9 Å². The maximum Gasteiger partial charge on any atom is 1.00 e. The van der Waals surface area contributed by atoms with Gasteiger partial charge in [-0.3, -0.25) is 4.79 Å². The van der Waals surface area contributed by atoms with Crippen LogP contribution in [0.1, 0.15) is 6.92 Å². The maximum atomic E-state index is 10.3. The molecule has 0 aliphatic rings. The molecule has 4 nitrogen and oxygen atoms in total. The van der Waals surface area contributed by atoms with Crippen molar-refractivity contribution >= 4 is 24.5 Å². The number of nitrogens with one attached hydrogen (secondary N) is 1. The fraction of sp³-hybridized carbons (Fsp3) is 0.600. The van der Waals surface area contributed by atoms with Crippen molar-refractivity contribution in [3.8, 4) is 0 Å². The Labute approximate surface area is 82.3 Å². The summed E-state index contributed by atoms with van der Waals surface area (Å²) < 4.78 is 0. The van der Waals surface area contributed by atoms with Crippen LogP contribution in [0.2, 0.25) is 0 Å². The van der Waals surface area contributed by atoms with Gasteiger partial charge >= 0.3 is 18.9 Å². The number of carboxylic acids is 1. The second-order valence-corrected chi connectivity index (χ2v) is 2.12. The Balaban J connectivity index is 0. The number of aliphatic carboxylic acids is 1. The van der Waals surface area contributed by atoms with Crippen LogP contribution in [0, 0.1) is 0 Å².